The topological polar surface area (TPSA) is 50.7 Å². The molecule has 0 aromatic heterocycles. The fraction of sp³-hybridized carbons (Fsp3) is 0.600. The third-order valence-electron chi connectivity index (χ3n) is 3.64. The first kappa shape index (κ1) is 15.2. The second-order valence-electron chi connectivity index (χ2n) is 5.12. The van der Waals surface area contributed by atoms with Gasteiger partial charge < -0.3 is 19.9 Å². The molecule has 1 aromatic rings. The summed E-state index contributed by atoms with van der Waals surface area (Å²) in [6.07, 6.45) is 2.79. The van der Waals surface area contributed by atoms with Crippen LogP contribution in [-0.2, 0) is 4.74 Å². The fourth-order valence-corrected chi connectivity index (χ4v) is 2.54. The largest absolute Gasteiger partial charge is 0.488 e. The van der Waals surface area contributed by atoms with Crippen molar-refractivity contribution in [2.75, 3.05) is 20.3 Å². The van der Waals surface area contributed by atoms with Crippen molar-refractivity contribution in [3.05, 3.63) is 30.1 Å². The summed E-state index contributed by atoms with van der Waals surface area (Å²) in [7, 11) is 1.71. The molecule has 1 saturated carbocycles. The van der Waals surface area contributed by atoms with Crippen LogP contribution in [0.3, 0.4) is 0 Å². The maximum Gasteiger partial charge on any atom is 0.165 e. The van der Waals surface area contributed by atoms with Gasteiger partial charge in [0.2, 0.25) is 0 Å². The van der Waals surface area contributed by atoms with Crippen molar-refractivity contribution >= 4 is 0 Å². The molecule has 0 spiro atoms. The van der Waals surface area contributed by atoms with Gasteiger partial charge in [0.05, 0.1) is 6.10 Å². The Bertz CT molecular complexity index is 416. The zero-order valence-corrected chi connectivity index (χ0v) is 11.7. The van der Waals surface area contributed by atoms with Gasteiger partial charge in [0.25, 0.3) is 0 Å². The standard InChI is InChI=1S/C15H22FNO3/c1-19-15-8-4-6-13(15)17-9-11(18)10-20-14-7-3-2-5-12(14)16/h2-3,5,7,11,13,15,17-18H,4,6,8-10H2,1H3. The summed E-state index contributed by atoms with van der Waals surface area (Å²) in [6.45, 7) is 0.483. The highest BCUT2D eigenvalue weighted by molar-refractivity contribution is 5.23. The first-order valence-electron chi connectivity index (χ1n) is 7.02. The van der Waals surface area contributed by atoms with Gasteiger partial charge >= 0.3 is 0 Å². The summed E-state index contributed by atoms with van der Waals surface area (Å²) < 4.78 is 24.0. The van der Waals surface area contributed by atoms with Crippen molar-refractivity contribution in [2.24, 2.45) is 0 Å². The molecule has 0 aliphatic heterocycles. The molecular weight excluding hydrogens is 261 g/mol. The SMILES string of the molecule is COC1CCCC1NCC(O)COc1ccccc1F. The van der Waals surface area contributed by atoms with E-state index in [0.717, 1.165) is 19.3 Å². The van der Waals surface area contributed by atoms with E-state index in [1.807, 2.05) is 0 Å². The molecule has 2 N–H and O–H groups in total. The Labute approximate surface area is 118 Å². The van der Waals surface area contributed by atoms with Crippen LogP contribution in [0.4, 0.5) is 4.39 Å². The summed E-state index contributed by atoms with van der Waals surface area (Å²) in [5.41, 5.74) is 0. The predicted octanol–water partition coefficient (Wildman–Crippen LogP) is 1.72. The molecule has 1 aliphatic carbocycles. The van der Waals surface area contributed by atoms with Crippen LogP contribution in [-0.4, -0.2) is 43.6 Å². The fourth-order valence-electron chi connectivity index (χ4n) is 2.54. The number of benzene rings is 1. The number of ether oxygens (including phenoxy) is 2. The van der Waals surface area contributed by atoms with Crippen molar-refractivity contribution < 1.29 is 19.0 Å². The quantitative estimate of drug-likeness (QED) is 0.800. The first-order valence-corrected chi connectivity index (χ1v) is 7.02. The normalized spacial score (nSPS) is 23.8. The monoisotopic (exact) mass is 283 g/mol. The smallest absolute Gasteiger partial charge is 0.165 e. The Hall–Kier alpha value is -1.17. The second-order valence-corrected chi connectivity index (χ2v) is 5.12. The lowest BCUT2D eigenvalue weighted by molar-refractivity contribution is 0.0681. The van der Waals surface area contributed by atoms with Gasteiger partial charge in [0.15, 0.2) is 11.6 Å². The Kier molecular flexibility index (Phi) is 5.76. The van der Waals surface area contributed by atoms with Gasteiger partial charge in [-0.15, -0.1) is 0 Å². The van der Waals surface area contributed by atoms with Crippen molar-refractivity contribution in [1.29, 1.82) is 0 Å². The predicted molar refractivity (Wildman–Crippen MR) is 74.3 cm³/mol. The third kappa shape index (κ3) is 4.16. The average molecular weight is 283 g/mol. The van der Waals surface area contributed by atoms with Crippen LogP contribution < -0.4 is 10.1 Å². The van der Waals surface area contributed by atoms with Gasteiger partial charge in [0.1, 0.15) is 12.7 Å². The van der Waals surface area contributed by atoms with E-state index >= 15 is 0 Å². The minimum Gasteiger partial charge on any atom is -0.488 e. The minimum atomic E-state index is -0.673. The van der Waals surface area contributed by atoms with Crippen LogP contribution >= 0.6 is 0 Å². The van der Waals surface area contributed by atoms with Gasteiger partial charge in [-0.2, -0.15) is 0 Å². The van der Waals surface area contributed by atoms with E-state index in [2.05, 4.69) is 5.32 Å². The number of aliphatic hydroxyl groups is 1. The summed E-state index contributed by atoms with van der Waals surface area (Å²) in [6, 6.07) is 6.47. The molecule has 0 bridgehead atoms. The van der Waals surface area contributed by atoms with E-state index in [1.165, 1.54) is 6.07 Å². The van der Waals surface area contributed by atoms with Crippen LogP contribution in [0.1, 0.15) is 19.3 Å². The van der Waals surface area contributed by atoms with Gasteiger partial charge in [-0.05, 0) is 31.4 Å². The van der Waals surface area contributed by atoms with Crippen LogP contribution in [0.5, 0.6) is 5.75 Å². The summed E-state index contributed by atoms with van der Waals surface area (Å²) in [5, 5.41) is 13.2. The number of methoxy groups -OCH3 is 1. The van der Waals surface area contributed by atoms with Gasteiger partial charge in [0, 0.05) is 19.7 Å². The summed E-state index contributed by atoms with van der Waals surface area (Å²) >= 11 is 0. The molecule has 0 heterocycles. The Morgan fingerprint density at radius 2 is 2.20 bits per heavy atom. The van der Waals surface area contributed by atoms with Crippen molar-refractivity contribution in [3.8, 4) is 5.75 Å². The summed E-state index contributed by atoms with van der Waals surface area (Å²) in [5.74, 6) is -0.245. The molecule has 20 heavy (non-hydrogen) atoms. The van der Waals surface area contributed by atoms with Crippen molar-refractivity contribution in [1.82, 2.24) is 5.32 Å². The molecule has 0 radical (unpaired) electrons. The zero-order valence-electron chi connectivity index (χ0n) is 11.7. The Morgan fingerprint density at radius 3 is 2.95 bits per heavy atom. The molecule has 0 amide bonds. The average Bonchev–Trinajstić information content (AvgIpc) is 2.91. The number of hydrogen-bond acceptors (Lipinski definition) is 4. The Morgan fingerprint density at radius 1 is 1.40 bits per heavy atom. The van der Waals surface area contributed by atoms with Crippen LogP contribution in [0, 0.1) is 5.82 Å². The highest BCUT2D eigenvalue weighted by atomic mass is 19.1. The maximum absolute atomic E-state index is 13.3. The van der Waals surface area contributed by atoms with Crippen LogP contribution in [0.15, 0.2) is 24.3 Å². The molecule has 1 fully saturated rings. The molecule has 1 aromatic carbocycles. The summed E-state index contributed by atoms with van der Waals surface area (Å²) in [4.78, 5) is 0. The van der Waals surface area contributed by atoms with Crippen LogP contribution in [0.25, 0.3) is 0 Å². The highest BCUT2D eigenvalue weighted by Gasteiger charge is 2.26. The van der Waals surface area contributed by atoms with Crippen molar-refractivity contribution in [3.63, 3.8) is 0 Å². The lowest BCUT2D eigenvalue weighted by atomic mass is 10.2. The zero-order chi connectivity index (χ0) is 14.4. The van der Waals surface area contributed by atoms with Crippen molar-refractivity contribution in [2.45, 2.75) is 37.5 Å². The lowest BCUT2D eigenvalue weighted by Gasteiger charge is -2.21. The number of aliphatic hydroxyl groups excluding tert-OH is 1. The number of halogens is 1. The number of hydrogen-bond donors (Lipinski definition) is 2. The van der Waals surface area contributed by atoms with E-state index in [1.54, 1.807) is 25.3 Å². The lowest BCUT2D eigenvalue weighted by Crippen LogP contribution is -2.42. The minimum absolute atomic E-state index is 0.0678. The molecule has 4 nitrogen and oxygen atoms in total. The van der Waals surface area contributed by atoms with E-state index in [-0.39, 0.29) is 24.5 Å². The van der Waals surface area contributed by atoms with Crippen LogP contribution in [0.2, 0.25) is 0 Å². The van der Waals surface area contributed by atoms with E-state index in [9.17, 15) is 9.50 Å². The van der Waals surface area contributed by atoms with Gasteiger partial charge in [-0.25, -0.2) is 4.39 Å². The van der Waals surface area contributed by atoms with Gasteiger partial charge in [-0.1, -0.05) is 12.1 Å². The number of rotatable bonds is 7. The highest BCUT2D eigenvalue weighted by Crippen LogP contribution is 2.21. The van der Waals surface area contributed by atoms with E-state index in [4.69, 9.17) is 9.47 Å². The molecule has 2 rings (SSSR count). The van der Waals surface area contributed by atoms with E-state index < -0.39 is 11.9 Å². The molecule has 112 valence electrons. The third-order valence-corrected chi connectivity index (χ3v) is 3.64. The molecule has 1 aliphatic rings. The Balaban J connectivity index is 1.70. The molecule has 3 unspecified atom stereocenters. The second kappa shape index (κ2) is 7.57. The number of nitrogens with one attached hydrogen (secondary N) is 1. The molecule has 5 heteroatoms. The maximum atomic E-state index is 13.3. The van der Waals surface area contributed by atoms with E-state index in [0.29, 0.717) is 6.54 Å². The molecular formula is C15H22FNO3. The van der Waals surface area contributed by atoms with Gasteiger partial charge in [-0.3, -0.25) is 0 Å². The number of para-hydroxylation sites is 1. The molecule has 3 atom stereocenters. The molecule has 0 saturated heterocycles. The first-order chi connectivity index (χ1) is 9.70.